The molecule has 0 aromatic heterocycles. The number of nitriles is 1. The Bertz CT molecular complexity index is 668. The quantitative estimate of drug-likeness (QED) is 0.800. The summed E-state index contributed by atoms with van der Waals surface area (Å²) in [6.45, 7) is 2.22. The number of hydrogen-bond donors (Lipinski definition) is 1. The Kier molecular flexibility index (Phi) is 3.32. The molecule has 1 unspecified atom stereocenters. The standard InChI is InChI=1S/C20H25NO2/c1-19-8-6-16-15-5-3-14(22)12-13(15)2-4-17(16)18(19)7-9-20(19,23)10-11-21/h12,17-18,23H,2-10H2,1H3/t17-,18+,19+,20?/m1/s1. The minimum atomic E-state index is -0.804. The first-order valence-electron chi connectivity index (χ1n) is 9.03. The zero-order chi connectivity index (χ0) is 16.2. The third-order valence-corrected chi connectivity index (χ3v) is 7.43. The Labute approximate surface area is 138 Å². The van der Waals surface area contributed by atoms with Crippen LogP contribution in [-0.2, 0) is 4.79 Å². The van der Waals surface area contributed by atoms with Crippen LogP contribution in [0.15, 0.2) is 22.8 Å². The third-order valence-electron chi connectivity index (χ3n) is 7.43. The van der Waals surface area contributed by atoms with E-state index in [1.807, 2.05) is 6.08 Å². The highest BCUT2D eigenvalue weighted by atomic mass is 16.3. The molecule has 0 radical (unpaired) electrons. The molecule has 2 saturated carbocycles. The molecule has 0 saturated heterocycles. The van der Waals surface area contributed by atoms with Gasteiger partial charge in [0.1, 0.15) is 0 Å². The number of hydrogen-bond acceptors (Lipinski definition) is 3. The van der Waals surface area contributed by atoms with Gasteiger partial charge in [0.15, 0.2) is 5.78 Å². The van der Waals surface area contributed by atoms with Crippen molar-refractivity contribution in [3.05, 3.63) is 22.8 Å². The first-order chi connectivity index (χ1) is 11.0. The molecular weight excluding hydrogens is 286 g/mol. The number of fused-ring (bicyclic) bond motifs is 4. The van der Waals surface area contributed by atoms with E-state index in [0.717, 1.165) is 44.9 Å². The summed E-state index contributed by atoms with van der Waals surface area (Å²) in [6.07, 6.45) is 9.67. The maximum atomic E-state index is 11.7. The van der Waals surface area contributed by atoms with E-state index in [1.165, 1.54) is 11.1 Å². The zero-order valence-corrected chi connectivity index (χ0v) is 13.9. The fraction of sp³-hybridized carbons (Fsp3) is 0.700. The summed E-state index contributed by atoms with van der Waals surface area (Å²) in [5.74, 6) is 1.34. The lowest BCUT2D eigenvalue weighted by Crippen LogP contribution is -2.49. The largest absolute Gasteiger partial charge is 0.388 e. The van der Waals surface area contributed by atoms with Gasteiger partial charge in [-0.1, -0.05) is 12.5 Å². The highest BCUT2D eigenvalue weighted by molar-refractivity contribution is 5.93. The first kappa shape index (κ1) is 15.1. The summed E-state index contributed by atoms with van der Waals surface area (Å²) in [5, 5.41) is 20.3. The highest BCUT2D eigenvalue weighted by Gasteiger charge is 2.60. The molecule has 2 fully saturated rings. The summed E-state index contributed by atoms with van der Waals surface area (Å²) < 4.78 is 0. The van der Waals surface area contributed by atoms with Crippen LogP contribution in [0.1, 0.15) is 64.7 Å². The normalized spacial score (nSPS) is 42.5. The van der Waals surface area contributed by atoms with Gasteiger partial charge in [-0.25, -0.2) is 0 Å². The maximum absolute atomic E-state index is 11.7. The summed E-state index contributed by atoms with van der Waals surface area (Å²) in [7, 11) is 0. The fourth-order valence-corrected chi connectivity index (χ4v) is 6.06. The van der Waals surface area contributed by atoms with Crippen molar-refractivity contribution in [2.45, 2.75) is 70.3 Å². The molecule has 4 atom stereocenters. The molecule has 3 nitrogen and oxygen atoms in total. The van der Waals surface area contributed by atoms with Crippen LogP contribution in [0.4, 0.5) is 0 Å². The molecule has 0 aromatic rings. The van der Waals surface area contributed by atoms with Crippen molar-refractivity contribution in [1.82, 2.24) is 0 Å². The van der Waals surface area contributed by atoms with Crippen molar-refractivity contribution in [2.24, 2.45) is 17.3 Å². The molecule has 4 aliphatic rings. The van der Waals surface area contributed by atoms with Crippen molar-refractivity contribution in [2.75, 3.05) is 0 Å². The van der Waals surface area contributed by atoms with Crippen LogP contribution in [0.2, 0.25) is 0 Å². The average molecular weight is 311 g/mol. The van der Waals surface area contributed by atoms with Gasteiger partial charge >= 0.3 is 0 Å². The van der Waals surface area contributed by atoms with E-state index in [-0.39, 0.29) is 17.6 Å². The van der Waals surface area contributed by atoms with Gasteiger partial charge in [-0.15, -0.1) is 0 Å². The van der Waals surface area contributed by atoms with Crippen LogP contribution in [0.5, 0.6) is 0 Å². The number of allylic oxidation sites excluding steroid dienone is 4. The second kappa shape index (κ2) is 5.05. The van der Waals surface area contributed by atoms with Gasteiger partial charge in [-0.2, -0.15) is 5.26 Å². The topological polar surface area (TPSA) is 61.1 Å². The van der Waals surface area contributed by atoms with Gasteiger partial charge < -0.3 is 5.11 Å². The highest BCUT2D eigenvalue weighted by Crippen LogP contribution is 2.64. The van der Waals surface area contributed by atoms with Crippen LogP contribution in [0, 0.1) is 28.6 Å². The summed E-state index contributed by atoms with van der Waals surface area (Å²) in [5.41, 5.74) is 3.42. The lowest BCUT2D eigenvalue weighted by Gasteiger charge is -2.51. The van der Waals surface area contributed by atoms with Gasteiger partial charge in [-0.05, 0) is 74.0 Å². The van der Waals surface area contributed by atoms with Crippen LogP contribution in [-0.4, -0.2) is 16.5 Å². The Morgan fingerprint density at radius 3 is 2.87 bits per heavy atom. The zero-order valence-electron chi connectivity index (χ0n) is 13.9. The number of carbonyl (C=O) groups is 1. The molecule has 122 valence electrons. The summed E-state index contributed by atoms with van der Waals surface area (Å²) in [4.78, 5) is 11.7. The molecule has 23 heavy (non-hydrogen) atoms. The molecule has 0 spiro atoms. The molecule has 0 aliphatic heterocycles. The average Bonchev–Trinajstić information content (AvgIpc) is 2.79. The SMILES string of the molecule is C[C@]12CCC3=C4CCC(=O)C=C4CC[C@H]3[C@@H]1CCC2(O)CC#N. The molecule has 0 aromatic carbocycles. The summed E-state index contributed by atoms with van der Waals surface area (Å²) in [6, 6.07) is 2.22. The number of rotatable bonds is 1. The lowest BCUT2D eigenvalue weighted by atomic mass is 9.54. The molecule has 3 heteroatoms. The van der Waals surface area contributed by atoms with E-state index < -0.39 is 5.60 Å². The number of aliphatic hydroxyl groups is 1. The van der Waals surface area contributed by atoms with E-state index in [4.69, 9.17) is 5.26 Å². The second-order valence-electron chi connectivity index (χ2n) is 8.21. The van der Waals surface area contributed by atoms with E-state index in [0.29, 0.717) is 18.3 Å². The van der Waals surface area contributed by atoms with Crippen molar-refractivity contribution in [3.63, 3.8) is 0 Å². The fourth-order valence-electron chi connectivity index (χ4n) is 6.06. The molecule has 4 aliphatic carbocycles. The smallest absolute Gasteiger partial charge is 0.156 e. The van der Waals surface area contributed by atoms with E-state index in [1.54, 1.807) is 5.57 Å². The second-order valence-corrected chi connectivity index (χ2v) is 8.21. The molecular formula is C20H25NO2. The van der Waals surface area contributed by atoms with Crippen LogP contribution >= 0.6 is 0 Å². The third kappa shape index (κ3) is 2.01. The van der Waals surface area contributed by atoms with Crippen LogP contribution in [0.3, 0.4) is 0 Å². The Morgan fingerprint density at radius 1 is 1.26 bits per heavy atom. The van der Waals surface area contributed by atoms with Gasteiger partial charge in [0.25, 0.3) is 0 Å². The Balaban J connectivity index is 1.72. The van der Waals surface area contributed by atoms with Gasteiger partial charge in [0.05, 0.1) is 18.1 Å². The predicted octanol–water partition coefficient (Wildman–Crippen LogP) is 3.84. The molecule has 0 amide bonds. The van der Waals surface area contributed by atoms with Gasteiger partial charge in [-0.3, -0.25) is 4.79 Å². The summed E-state index contributed by atoms with van der Waals surface area (Å²) >= 11 is 0. The first-order valence-corrected chi connectivity index (χ1v) is 9.03. The van der Waals surface area contributed by atoms with E-state index in [2.05, 4.69) is 13.0 Å². The minimum absolute atomic E-state index is 0.122. The van der Waals surface area contributed by atoms with E-state index >= 15 is 0 Å². The number of nitrogens with zero attached hydrogens (tertiary/aromatic N) is 1. The maximum Gasteiger partial charge on any atom is 0.156 e. The Hall–Kier alpha value is -1.40. The molecule has 1 N–H and O–H groups in total. The minimum Gasteiger partial charge on any atom is -0.388 e. The number of carbonyl (C=O) groups excluding carboxylic acids is 1. The number of ketones is 1. The van der Waals surface area contributed by atoms with Crippen LogP contribution in [0.25, 0.3) is 0 Å². The van der Waals surface area contributed by atoms with Gasteiger partial charge in [0.2, 0.25) is 0 Å². The van der Waals surface area contributed by atoms with E-state index in [9.17, 15) is 9.90 Å². The Morgan fingerprint density at radius 2 is 2.09 bits per heavy atom. The lowest BCUT2D eigenvalue weighted by molar-refractivity contribution is -0.114. The monoisotopic (exact) mass is 311 g/mol. The predicted molar refractivity (Wildman–Crippen MR) is 87.3 cm³/mol. The molecule has 4 rings (SSSR count). The molecule has 0 bridgehead atoms. The van der Waals surface area contributed by atoms with Crippen molar-refractivity contribution < 1.29 is 9.90 Å². The van der Waals surface area contributed by atoms with Crippen molar-refractivity contribution >= 4 is 5.78 Å². The molecule has 0 heterocycles. The van der Waals surface area contributed by atoms with Crippen LogP contribution < -0.4 is 0 Å². The van der Waals surface area contributed by atoms with Gasteiger partial charge in [0, 0.05) is 11.8 Å². The van der Waals surface area contributed by atoms with Crippen molar-refractivity contribution in [1.29, 1.82) is 5.26 Å². The van der Waals surface area contributed by atoms with Crippen molar-refractivity contribution in [3.8, 4) is 6.07 Å².